The Labute approximate surface area is 177 Å². The van der Waals surface area contributed by atoms with Gasteiger partial charge in [0.05, 0.1) is 13.7 Å². The molecule has 0 saturated carbocycles. The first-order valence-electron chi connectivity index (χ1n) is 9.02. The van der Waals surface area contributed by atoms with Gasteiger partial charge in [-0.3, -0.25) is 9.59 Å². The summed E-state index contributed by atoms with van der Waals surface area (Å²) in [5, 5.41) is 17.9. The minimum Gasteiger partial charge on any atom is -0.497 e. The molecule has 2 aromatic carbocycles. The van der Waals surface area contributed by atoms with E-state index in [4.69, 9.17) is 9.47 Å². The minimum atomic E-state index is -0.735. The van der Waals surface area contributed by atoms with Crippen molar-refractivity contribution in [2.24, 2.45) is 0 Å². The third-order valence-electron chi connectivity index (χ3n) is 3.95. The number of methoxy groups -OCH3 is 2. The molecule has 0 spiro atoms. The SMILES string of the molecule is COCCNC(=O)C(=O)Nc1ccc(-c2nnc(Nc3ccc(OC)cc3)s2)cc1. The van der Waals surface area contributed by atoms with E-state index < -0.39 is 11.8 Å². The number of ether oxygens (including phenoxy) is 2. The zero-order valence-electron chi connectivity index (χ0n) is 16.5. The van der Waals surface area contributed by atoms with Crippen LogP contribution in [0, 0.1) is 0 Å². The van der Waals surface area contributed by atoms with Crippen molar-refractivity contribution in [3.8, 4) is 16.3 Å². The zero-order valence-corrected chi connectivity index (χ0v) is 17.3. The van der Waals surface area contributed by atoms with Crippen molar-refractivity contribution in [2.75, 3.05) is 38.0 Å². The van der Waals surface area contributed by atoms with Crippen LogP contribution in [0.25, 0.3) is 10.6 Å². The Morgan fingerprint density at radius 3 is 2.30 bits per heavy atom. The first kappa shape index (κ1) is 21.2. The van der Waals surface area contributed by atoms with E-state index in [0.29, 0.717) is 17.4 Å². The number of aromatic nitrogens is 2. The van der Waals surface area contributed by atoms with Crippen LogP contribution in [0.1, 0.15) is 0 Å². The van der Waals surface area contributed by atoms with Gasteiger partial charge in [0, 0.05) is 30.6 Å². The first-order chi connectivity index (χ1) is 14.6. The third kappa shape index (κ3) is 5.75. The molecule has 0 atom stereocenters. The van der Waals surface area contributed by atoms with Crippen LogP contribution in [0.4, 0.5) is 16.5 Å². The molecule has 0 radical (unpaired) electrons. The lowest BCUT2D eigenvalue weighted by Crippen LogP contribution is -2.37. The van der Waals surface area contributed by atoms with Crippen LogP contribution in [-0.2, 0) is 14.3 Å². The molecule has 3 rings (SSSR count). The highest BCUT2D eigenvalue weighted by Crippen LogP contribution is 2.29. The number of rotatable bonds is 8. The van der Waals surface area contributed by atoms with Crippen molar-refractivity contribution in [3.63, 3.8) is 0 Å². The van der Waals surface area contributed by atoms with Crippen LogP contribution in [0.15, 0.2) is 48.5 Å². The molecule has 0 aliphatic rings. The molecule has 156 valence electrons. The molecule has 0 bridgehead atoms. The van der Waals surface area contributed by atoms with Gasteiger partial charge < -0.3 is 25.4 Å². The molecule has 0 fully saturated rings. The molecule has 0 aliphatic heterocycles. The number of hydrogen-bond donors (Lipinski definition) is 3. The van der Waals surface area contributed by atoms with Gasteiger partial charge in [-0.05, 0) is 48.5 Å². The molecule has 30 heavy (non-hydrogen) atoms. The summed E-state index contributed by atoms with van der Waals surface area (Å²) >= 11 is 1.40. The van der Waals surface area contributed by atoms with E-state index in [1.54, 1.807) is 31.4 Å². The first-order valence-corrected chi connectivity index (χ1v) is 9.84. The van der Waals surface area contributed by atoms with Crippen LogP contribution < -0.4 is 20.7 Å². The van der Waals surface area contributed by atoms with Gasteiger partial charge in [-0.2, -0.15) is 0 Å². The standard InChI is InChI=1S/C20H21N5O4S/c1-28-12-11-21-17(26)18(27)22-14-5-3-13(4-6-14)19-24-25-20(30-19)23-15-7-9-16(29-2)10-8-15/h3-10H,11-12H2,1-2H3,(H,21,26)(H,22,27)(H,23,25). The van der Waals surface area contributed by atoms with Gasteiger partial charge in [0.15, 0.2) is 0 Å². The monoisotopic (exact) mass is 427 g/mol. The largest absolute Gasteiger partial charge is 0.497 e. The lowest BCUT2D eigenvalue weighted by Gasteiger charge is -2.06. The lowest BCUT2D eigenvalue weighted by molar-refractivity contribution is -0.136. The molecule has 1 heterocycles. The second-order valence-corrected chi connectivity index (χ2v) is 7.02. The van der Waals surface area contributed by atoms with Gasteiger partial charge in [0.2, 0.25) is 5.13 Å². The molecule has 3 aromatic rings. The molecule has 1 aromatic heterocycles. The lowest BCUT2D eigenvalue weighted by atomic mass is 10.2. The maximum Gasteiger partial charge on any atom is 0.313 e. The van der Waals surface area contributed by atoms with Crippen molar-refractivity contribution in [1.82, 2.24) is 15.5 Å². The summed E-state index contributed by atoms with van der Waals surface area (Å²) in [5.41, 5.74) is 2.23. The normalized spacial score (nSPS) is 10.3. The average Bonchev–Trinajstić information content (AvgIpc) is 3.23. The number of carbonyl (C=O) groups excluding carboxylic acids is 2. The number of hydrogen-bond acceptors (Lipinski definition) is 8. The minimum absolute atomic E-state index is 0.269. The van der Waals surface area contributed by atoms with Crippen LogP contribution in [0.5, 0.6) is 5.75 Å². The Balaban J connectivity index is 1.58. The highest BCUT2D eigenvalue weighted by atomic mass is 32.1. The number of amides is 2. The molecule has 0 saturated heterocycles. The predicted octanol–water partition coefficient (Wildman–Crippen LogP) is 2.66. The van der Waals surface area contributed by atoms with E-state index in [1.165, 1.54) is 18.4 Å². The van der Waals surface area contributed by atoms with Gasteiger partial charge in [-0.1, -0.05) is 11.3 Å². The summed E-state index contributed by atoms with van der Waals surface area (Å²) in [4.78, 5) is 23.6. The molecule has 0 unspecified atom stereocenters. The van der Waals surface area contributed by atoms with Gasteiger partial charge >= 0.3 is 11.8 Å². The third-order valence-corrected chi connectivity index (χ3v) is 4.84. The predicted molar refractivity (Wildman–Crippen MR) is 115 cm³/mol. The van der Waals surface area contributed by atoms with Crippen molar-refractivity contribution in [1.29, 1.82) is 0 Å². The highest BCUT2D eigenvalue weighted by molar-refractivity contribution is 7.18. The van der Waals surface area contributed by atoms with Crippen molar-refractivity contribution < 1.29 is 19.1 Å². The Morgan fingerprint density at radius 1 is 0.933 bits per heavy atom. The van der Waals surface area contributed by atoms with Crippen molar-refractivity contribution in [2.45, 2.75) is 0 Å². The quantitative estimate of drug-likeness (QED) is 0.374. The Hall–Kier alpha value is -3.50. The zero-order chi connectivity index (χ0) is 21.3. The van der Waals surface area contributed by atoms with E-state index in [0.717, 1.165) is 22.0 Å². The van der Waals surface area contributed by atoms with Crippen LogP contribution in [0.2, 0.25) is 0 Å². The van der Waals surface area contributed by atoms with E-state index in [2.05, 4.69) is 26.1 Å². The Bertz CT molecular complexity index is 989. The summed E-state index contributed by atoms with van der Waals surface area (Å²) < 4.78 is 9.97. The molecule has 9 nitrogen and oxygen atoms in total. The summed E-state index contributed by atoms with van der Waals surface area (Å²) in [6, 6.07) is 14.5. The highest BCUT2D eigenvalue weighted by Gasteiger charge is 2.13. The summed E-state index contributed by atoms with van der Waals surface area (Å²) in [5.74, 6) is -0.673. The number of nitrogens with one attached hydrogen (secondary N) is 3. The fourth-order valence-electron chi connectivity index (χ4n) is 2.42. The maximum absolute atomic E-state index is 11.9. The number of nitrogens with zero attached hydrogens (tertiary/aromatic N) is 2. The topological polar surface area (TPSA) is 114 Å². The van der Waals surface area contributed by atoms with Crippen molar-refractivity contribution in [3.05, 3.63) is 48.5 Å². The van der Waals surface area contributed by atoms with Crippen molar-refractivity contribution >= 4 is 39.7 Å². The number of anilines is 3. The molecular weight excluding hydrogens is 406 g/mol. The van der Waals surface area contributed by atoms with E-state index >= 15 is 0 Å². The fraction of sp³-hybridized carbons (Fsp3) is 0.200. The summed E-state index contributed by atoms with van der Waals surface area (Å²) in [6.45, 7) is 0.608. The van der Waals surface area contributed by atoms with Gasteiger partial charge in [-0.25, -0.2) is 0 Å². The van der Waals surface area contributed by atoms with E-state index in [1.807, 2.05) is 24.3 Å². The molecule has 10 heteroatoms. The molecule has 2 amide bonds. The summed E-state index contributed by atoms with van der Waals surface area (Å²) in [6.07, 6.45) is 0. The smallest absolute Gasteiger partial charge is 0.313 e. The Morgan fingerprint density at radius 2 is 1.63 bits per heavy atom. The maximum atomic E-state index is 11.9. The van der Waals surface area contributed by atoms with E-state index in [-0.39, 0.29) is 6.54 Å². The van der Waals surface area contributed by atoms with E-state index in [9.17, 15) is 9.59 Å². The Kier molecular flexibility index (Phi) is 7.30. The van der Waals surface area contributed by atoms with Gasteiger partial charge in [0.25, 0.3) is 0 Å². The van der Waals surface area contributed by atoms with Gasteiger partial charge in [-0.15, -0.1) is 10.2 Å². The number of carbonyl (C=O) groups is 2. The second kappa shape index (κ2) is 10.3. The van der Waals surface area contributed by atoms with Gasteiger partial charge in [0.1, 0.15) is 10.8 Å². The van der Waals surface area contributed by atoms with Crippen LogP contribution >= 0.6 is 11.3 Å². The average molecular weight is 427 g/mol. The van der Waals surface area contributed by atoms with Crippen LogP contribution in [0.3, 0.4) is 0 Å². The van der Waals surface area contributed by atoms with Crippen LogP contribution in [-0.4, -0.2) is 49.4 Å². The second-order valence-electron chi connectivity index (χ2n) is 6.05. The number of benzene rings is 2. The molecule has 3 N–H and O–H groups in total. The fourth-order valence-corrected chi connectivity index (χ4v) is 3.19. The molecular formula is C20H21N5O4S. The molecule has 0 aliphatic carbocycles. The summed E-state index contributed by atoms with van der Waals surface area (Å²) in [7, 11) is 3.14.